The first-order chi connectivity index (χ1) is 12.9. The summed E-state index contributed by atoms with van der Waals surface area (Å²) >= 11 is 1.14. The van der Waals surface area contributed by atoms with Gasteiger partial charge in [-0.05, 0) is 37.4 Å². The number of amides is 2. The van der Waals surface area contributed by atoms with Crippen LogP contribution in [0.3, 0.4) is 0 Å². The summed E-state index contributed by atoms with van der Waals surface area (Å²) in [7, 11) is 0. The van der Waals surface area contributed by atoms with E-state index < -0.39 is 23.9 Å². The summed E-state index contributed by atoms with van der Waals surface area (Å²) < 4.78 is 15.9. The third-order valence-electron chi connectivity index (χ3n) is 3.34. The number of para-hydroxylation sites is 2. The molecular weight excluding hydrogens is 372 g/mol. The van der Waals surface area contributed by atoms with E-state index in [1.54, 1.807) is 29.6 Å². The number of ether oxygens (including phenoxy) is 3. The number of primary amides is 1. The molecule has 2 amide bonds. The molecule has 27 heavy (non-hydrogen) atoms. The molecule has 8 nitrogen and oxygen atoms in total. The lowest BCUT2D eigenvalue weighted by Crippen LogP contribution is -2.32. The van der Waals surface area contributed by atoms with Crippen LogP contribution in [0.2, 0.25) is 0 Å². The lowest BCUT2D eigenvalue weighted by molar-refractivity contribution is -0.155. The molecule has 1 aromatic carbocycles. The predicted molar refractivity (Wildman–Crippen MR) is 100 cm³/mol. The minimum Gasteiger partial charge on any atom is -0.490 e. The minimum absolute atomic E-state index is 0.197. The number of nitrogens with one attached hydrogen (secondary N) is 1. The zero-order valence-electron chi connectivity index (χ0n) is 14.9. The molecule has 1 unspecified atom stereocenters. The van der Waals surface area contributed by atoms with Crippen LogP contribution in [0.15, 0.2) is 35.7 Å². The smallest absolute Gasteiger partial charge is 0.344 e. The molecule has 144 valence electrons. The van der Waals surface area contributed by atoms with Gasteiger partial charge in [-0.2, -0.15) is 0 Å². The Morgan fingerprint density at radius 2 is 1.81 bits per heavy atom. The molecule has 0 fully saturated rings. The Morgan fingerprint density at radius 1 is 1.15 bits per heavy atom. The highest BCUT2D eigenvalue weighted by atomic mass is 32.1. The third-order valence-corrected chi connectivity index (χ3v) is 4.17. The van der Waals surface area contributed by atoms with Gasteiger partial charge in [-0.25, -0.2) is 4.79 Å². The lowest BCUT2D eigenvalue weighted by Gasteiger charge is -2.14. The fourth-order valence-electron chi connectivity index (χ4n) is 2.08. The number of benzene rings is 1. The van der Waals surface area contributed by atoms with E-state index in [0.717, 1.165) is 11.3 Å². The summed E-state index contributed by atoms with van der Waals surface area (Å²) in [5.74, 6) is -1.04. The first kappa shape index (κ1) is 20.2. The van der Waals surface area contributed by atoms with Crippen LogP contribution in [-0.4, -0.2) is 37.1 Å². The Hall–Kier alpha value is -3.07. The Labute approximate surface area is 160 Å². The minimum atomic E-state index is -1.08. The molecule has 2 aromatic rings. The van der Waals surface area contributed by atoms with E-state index in [2.05, 4.69) is 5.32 Å². The van der Waals surface area contributed by atoms with Crippen LogP contribution in [0.4, 0.5) is 5.00 Å². The van der Waals surface area contributed by atoms with Crippen molar-refractivity contribution in [3.8, 4) is 11.5 Å². The van der Waals surface area contributed by atoms with Crippen molar-refractivity contribution in [3.05, 3.63) is 41.3 Å². The van der Waals surface area contributed by atoms with Gasteiger partial charge in [0.05, 0.1) is 12.2 Å². The molecule has 0 bridgehead atoms. The number of hydrogen-bond donors (Lipinski definition) is 2. The number of carbonyl (C=O) groups is 3. The van der Waals surface area contributed by atoms with Crippen molar-refractivity contribution in [2.75, 3.05) is 18.5 Å². The van der Waals surface area contributed by atoms with Crippen LogP contribution in [-0.2, 0) is 14.3 Å². The molecule has 0 saturated carbocycles. The summed E-state index contributed by atoms with van der Waals surface area (Å²) in [6, 6.07) is 8.42. The highest BCUT2D eigenvalue weighted by molar-refractivity contribution is 7.14. The van der Waals surface area contributed by atoms with Gasteiger partial charge in [-0.15, -0.1) is 11.3 Å². The van der Waals surface area contributed by atoms with Crippen molar-refractivity contribution in [1.82, 2.24) is 0 Å². The summed E-state index contributed by atoms with van der Waals surface area (Å²) in [6.07, 6.45) is -1.08. The number of carbonyl (C=O) groups excluding carboxylic acids is 3. The third kappa shape index (κ3) is 5.71. The van der Waals surface area contributed by atoms with E-state index in [-0.39, 0.29) is 12.2 Å². The molecule has 0 saturated heterocycles. The van der Waals surface area contributed by atoms with E-state index >= 15 is 0 Å². The number of anilines is 1. The average Bonchev–Trinajstić information content (AvgIpc) is 3.09. The maximum Gasteiger partial charge on any atom is 0.344 e. The van der Waals surface area contributed by atoms with Crippen LogP contribution >= 0.6 is 11.3 Å². The zero-order valence-corrected chi connectivity index (χ0v) is 15.7. The zero-order chi connectivity index (χ0) is 19.8. The Balaban J connectivity index is 1.87. The maximum atomic E-state index is 12.1. The molecule has 0 radical (unpaired) electrons. The van der Waals surface area contributed by atoms with Gasteiger partial charge in [0.1, 0.15) is 5.00 Å². The molecule has 3 N–H and O–H groups in total. The van der Waals surface area contributed by atoms with Crippen molar-refractivity contribution >= 4 is 34.1 Å². The molecular formula is C18H20N2O6S. The van der Waals surface area contributed by atoms with Gasteiger partial charge in [0.15, 0.2) is 24.2 Å². The predicted octanol–water partition coefficient (Wildman–Crippen LogP) is 2.19. The second-order valence-corrected chi connectivity index (χ2v) is 6.23. The fourth-order valence-corrected chi connectivity index (χ4v) is 2.87. The van der Waals surface area contributed by atoms with Crippen LogP contribution < -0.4 is 20.5 Å². The summed E-state index contributed by atoms with van der Waals surface area (Å²) in [6.45, 7) is 3.33. The van der Waals surface area contributed by atoms with Gasteiger partial charge in [-0.1, -0.05) is 12.1 Å². The highest BCUT2D eigenvalue weighted by Gasteiger charge is 2.21. The summed E-state index contributed by atoms with van der Waals surface area (Å²) in [5, 5.41) is 4.44. The van der Waals surface area contributed by atoms with Crippen molar-refractivity contribution in [2.45, 2.75) is 20.0 Å². The first-order valence-corrected chi connectivity index (χ1v) is 9.02. The van der Waals surface area contributed by atoms with Crippen molar-refractivity contribution in [3.63, 3.8) is 0 Å². The lowest BCUT2D eigenvalue weighted by atomic mass is 10.3. The number of thiophene rings is 1. The molecule has 0 aliphatic heterocycles. The Bertz CT molecular complexity index is 820. The van der Waals surface area contributed by atoms with E-state index in [9.17, 15) is 14.4 Å². The molecule has 1 heterocycles. The number of esters is 1. The van der Waals surface area contributed by atoms with Gasteiger partial charge >= 0.3 is 5.97 Å². The number of rotatable bonds is 9. The van der Waals surface area contributed by atoms with Gasteiger partial charge < -0.3 is 25.3 Å². The van der Waals surface area contributed by atoms with Crippen LogP contribution in [0.25, 0.3) is 0 Å². The van der Waals surface area contributed by atoms with Crippen LogP contribution in [0.5, 0.6) is 11.5 Å². The molecule has 0 aliphatic rings. The van der Waals surface area contributed by atoms with E-state index in [1.165, 1.54) is 13.0 Å². The highest BCUT2D eigenvalue weighted by Crippen LogP contribution is 2.26. The molecule has 0 spiro atoms. The summed E-state index contributed by atoms with van der Waals surface area (Å²) in [4.78, 5) is 35.3. The van der Waals surface area contributed by atoms with E-state index in [4.69, 9.17) is 19.9 Å². The molecule has 1 atom stereocenters. The van der Waals surface area contributed by atoms with Gasteiger partial charge in [-0.3, -0.25) is 9.59 Å². The van der Waals surface area contributed by atoms with Crippen LogP contribution in [0, 0.1) is 0 Å². The Morgan fingerprint density at radius 3 is 2.44 bits per heavy atom. The van der Waals surface area contributed by atoms with Crippen LogP contribution in [0.1, 0.15) is 24.2 Å². The molecule has 2 rings (SSSR count). The largest absolute Gasteiger partial charge is 0.490 e. The van der Waals surface area contributed by atoms with Crippen molar-refractivity contribution in [2.24, 2.45) is 5.73 Å². The Kier molecular flexibility index (Phi) is 7.18. The SMILES string of the molecule is CCOc1ccccc1OCC(=O)OC(C)C(=O)Nc1sccc1C(N)=O. The van der Waals surface area contributed by atoms with Crippen molar-refractivity contribution < 1.29 is 28.6 Å². The van der Waals surface area contributed by atoms with Crippen molar-refractivity contribution in [1.29, 1.82) is 0 Å². The molecule has 9 heteroatoms. The number of hydrogen-bond acceptors (Lipinski definition) is 7. The summed E-state index contributed by atoms with van der Waals surface area (Å²) in [5.41, 5.74) is 5.42. The quantitative estimate of drug-likeness (QED) is 0.632. The topological polar surface area (TPSA) is 117 Å². The second kappa shape index (κ2) is 9.58. The van der Waals surface area contributed by atoms with Gasteiger partial charge in [0, 0.05) is 0 Å². The van der Waals surface area contributed by atoms with E-state index in [0.29, 0.717) is 23.1 Å². The normalized spacial score (nSPS) is 11.3. The molecule has 1 aromatic heterocycles. The van der Waals surface area contributed by atoms with E-state index in [1.807, 2.05) is 6.92 Å². The van der Waals surface area contributed by atoms with Gasteiger partial charge in [0.25, 0.3) is 11.8 Å². The fraction of sp³-hybridized carbons (Fsp3) is 0.278. The standard InChI is InChI=1S/C18H20N2O6S/c1-3-24-13-6-4-5-7-14(13)25-10-15(21)26-11(2)17(23)20-18-12(16(19)22)8-9-27-18/h4-9,11H,3,10H2,1-2H3,(H2,19,22)(H,20,23). The maximum absolute atomic E-state index is 12.1. The molecule has 0 aliphatic carbocycles. The van der Waals surface area contributed by atoms with Gasteiger partial charge in [0.2, 0.25) is 0 Å². The monoisotopic (exact) mass is 392 g/mol. The second-order valence-electron chi connectivity index (χ2n) is 5.32. The average molecular weight is 392 g/mol. The first-order valence-electron chi connectivity index (χ1n) is 8.14. The number of nitrogens with two attached hydrogens (primary N) is 1.